The van der Waals surface area contributed by atoms with E-state index in [0.29, 0.717) is 12.8 Å². The Balaban J connectivity index is 3.54. The molecule has 3 unspecified atom stereocenters. The van der Waals surface area contributed by atoms with Gasteiger partial charge in [-0.2, -0.15) is 0 Å². The number of carbonyl (C=O) groups excluding carboxylic acids is 1. The summed E-state index contributed by atoms with van der Waals surface area (Å²) >= 11 is 0. The minimum atomic E-state index is -0.744. The molecular formula is C48H97NO4. The van der Waals surface area contributed by atoms with Crippen LogP contribution in [0.5, 0.6) is 0 Å². The van der Waals surface area contributed by atoms with Crippen molar-refractivity contribution in [2.45, 2.75) is 295 Å². The van der Waals surface area contributed by atoms with Crippen molar-refractivity contribution in [3.8, 4) is 0 Å². The first-order valence-electron chi connectivity index (χ1n) is 24.3. The van der Waals surface area contributed by atoms with Gasteiger partial charge in [-0.1, -0.05) is 258 Å². The zero-order valence-corrected chi connectivity index (χ0v) is 36.2. The fraction of sp³-hybridized carbons (Fsp3) is 0.979. The topological polar surface area (TPSA) is 89.8 Å². The molecule has 0 aliphatic heterocycles. The largest absolute Gasteiger partial charge is 0.394 e. The highest BCUT2D eigenvalue weighted by Gasteiger charge is 2.21. The van der Waals surface area contributed by atoms with Gasteiger partial charge in [-0.05, 0) is 12.8 Å². The van der Waals surface area contributed by atoms with Crippen molar-refractivity contribution in [2.75, 3.05) is 6.61 Å². The van der Waals surface area contributed by atoms with Gasteiger partial charge in [0.25, 0.3) is 0 Å². The summed E-state index contributed by atoms with van der Waals surface area (Å²) in [5.74, 6) is -0.277. The molecule has 0 saturated heterocycles. The number of hydrogen-bond acceptors (Lipinski definition) is 4. The molecule has 318 valence electrons. The van der Waals surface area contributed by atoms with Crippen molar-refractivity contribution < 1.29 is 20.1 Å². The lowest BCUT2D eigenvalue weighted by Gasteiger charge is -2.23. The molecule has 53 heavy (non-hydrogen) atoms. The van der Waals surface area contributed by atoms with Crippen LogP contribution in [-0.2, 0) is 4.79 Å². The fourth-order valence-corrected chi connectivity index (χ4v) is 7.94. The maximum Gasteiger partial charge on any atom is 0.222 e. The molecule has 0 aromatic rings. The molecule has 0 aromatic heterocycles. The highest BCUT2D eigenvalue weighted by Crippen LogP contribution is 2.18. The Kier molecular flexibility index (Phi) is 43.5. The lowest BCUT2D eigenvalue weighted by molar-refractivity contribution is -0.125. The average molecular weight is 752 g/mol. The predicted molar refractivity (Wildman–Crippen MR) is 232 cm³/mol. The van der Waals surface area contributed by atoms with E-state index in [-0.39, 0.29) is 18.9 Å². The van der Waals surface area contributed by atoms with Crippen LogP contribution in [0.3, 0.4) is 0 Å². The van der Waals surface area contributed by atoms with Crippen LogP contribution in [0.2, 0.25) is 0 Å². The molecule has 0 aliphatic rings. The van der Waals surface area contributed by atoms with Gasteiger partial charge in [0.05, 0.1) is 31.3 Å². The van der Waals surface area contributed by atoms with Crippen molar-refractivity contribution >= 4 is 5.91 Å². The van der Waals surface area contributed by atoms with Crippen LogP contribution in [0.15, 0.2) is 0 Å². The van der Waals surface area contributed by atoms with Crippen LogP contribution >= 0.6 is 0 Å². The van der Waals surface area contributed by atoms with Crippen molar-refractivity contribution in [1.29, 1.82) is 0 Å². The second kappa shape index (κ2) is 44.1. The number of rotatable bonds is 45. The van der Waals surface area contributed by atoms with E-state index in [0.717, 1.165) is 25.7 Å². The fourth-order valence-electron chi connectivity index (χ4n) is 7.94. The van der Waals surface area contributed by atoms with Crippen LogP contribution < -0.4 is 5.32 Å². The summed E-state index contributed by atoms with van der Waals surface area (Å²) < 4.78 is 0. The van der Waals surface area contributed by atoms with Gasteiger partial charge < -0.3 is 20.6 Å². The Morgan fingerprint density at radius 1 is 0.396 bits per heavy atom. The Hall–Kier alpha value is -0.650. The molecule has 5 heteroatoms. The second-order valence-corrected chi connectivity index (χ2v) is 17.1. The summed E-state index contributed by atoms with van der Waals surface area (Å²) in [6, 6.07) is -0.653. The Morgan fingerprint density at radius 3 is 0.906 bits per heavy atom. The summed E-state index contributed by atoms with van der Waals surface area (Å²) in [7, 11) is 0. The number of nitrogens with one attached hydrogen (secondary N) is 1. The van der Waals surface area contributed by atoms with Crippen molar-refractivity contribution in [2.24, 2.45) is 0 Å². The molecule has 5 nitrogen and oxygen atoms in total. The van der Waals surface area contributed by atoms with Crippen molar-refractivity contribution in [1.82, 2.24) is 5.32 Å². The molecule has 1 amide bonds. The molecular weight excluding hydrogens is 655 g/mol. The zero-order chi connectivity index (χ0) is 38.7. The number of hydrogen-bond donors (Lipinski definition) is 4. The second-order valence-electron chi connectivity index (χ2n) is 17.1. The zero-order valence-electron chi connectivity index (χ0n) is 36.2. The van der Waals surface area contributed by atoms with Crippen LogP contribution in [-0.4, -0.2) is 46.1 Å². The molecule has 0 fully saturated rings. The van der Waals surface area contributed by atoms with Gasteiger partial charge in [-0.3, -0.25) is 4.79 Å². The van der Waals surface area contributed by atoms with Gasteiger partial charge in [0.15, 0.2) is 0 Å². The van der Waals surface area contributed by atoms with Crippen LogP contribution in [0, 0.1) is 0 Å². The molecule has 0 rings (SSSR count). The van der Waals surface area contributed by atoms with E-state index in [1.165, 1.54) is 218 Å². The number of amides is 1. The van der Waals surface area contributed by atoms with E-state index in [4.69, 9.17) is 0 Å². The molecule has 0 bridgehead atoms. The molecule has 0 saturated carbocycles. The third kappa shape index (κ3) is 40.8. The molecule has 0 spiro atoms. The molecule has 0 aliphatic carbocycles. The standard InChI is InChI=1S/C48H97NO4/c1-3-5-7-9-11-13-15-17-19-21-22-23-24-25-26-28-30-32-34-36-38-40-42-47(52)46(44-50)49-48(53)43-45(51)41-39-37-35-33-31-29-27-20-18-16-14-12-10-8-6-4-2/h45-47,50-52H,3-44H2,1-2H3,(H,49,53). The van der Waals surface area contributed by atoms with Gasteiger partial charge in [0.1, 0.15) is 0 Å². The molecule has 0 radical (unpaired) electrons. The maximum atomic E-state index is 12.5. The third-order valence-corrected chi connectivity index (χ3v) is 11.7. The van der Waals surface area contributed by atoms with E-state index in [1.54, 1.807) is 0 Å². The smallest absolute Gasteiger partial charge is 0.222 e. The van der Waals surface area contributed by atoms with Gasteiger partial charge in [-0.25, -0.2) is 0 Å². The van der Waals surface area contributed by atoms with Crippen LogP contribution in [0.25, 0.3) is 0 Å². The minimum Gasteiger partial charge on any atom is -0.394 e. The van der Waals surface area contributed by atoms with E-state index in [2.05, 4.69) is 19.2 Å². The highest BCUT2D eigenvalue weighted by molar-refractivity contribution is 5.76. The quantitative estimate of drug-likeness (QED) is 0.0466. The normalized spacial score (nSPS) is 13.4. The Morgan fingerprint density at radius 2 is 0.642 bits per heavy atom. The van der Waals surface area contributed by atoms with Gasteiger partial charge >= 0.3 is 0 Å². The van der Waals surface area contributed by atoms with E-state index < -0.39 is 18.2 Å². The van der Waals surface area contributed by atoms with Crippen LogP contribution in [0.1, 0.15) is 277 Å². The molecule has 3 atom stereocenters. The Labute approximate surface area is 332 Å². The number of carbonyl (C=O) groups is 1. The first-order valence-corrected chi connectivity index (χ1v) is 24.3. The lowest BCUT2D eigenvalue weighted by Crippen LogP contribution is -2.46. The lowest BCUT2D eigenvalue weighted by atomic mass is 10.0. The summed E-state index contributed by atoms with van der Waals surface area (Å²) in [6.45, 7) is 4.29. The number of aliphatic hydroxyl groups excluding tert-OH is 3. The first kappa shape index (κ1) is 52.3. The van der Waals surface area contributed by atoms with Gasteiger partial charge in [0.2, 0.25) is 5.91 Å². The van der Waals surface area contributed by atoms with Gasteiger partial charge in [-0.15, -0.1) is 0 Å². The van der Waals surface area contributed by atoms with E-state index in [9.17, 15) is 20.1 Å². The van der Waals surface area contributed by atoms with Gasteiger partial charge in [0, 0.05) is 0 Å². The average Bonchev–Trinajstić information content (AvgIpc) is 3.15. The number of unbranched alkanes of at least 4 members (excludes halogenated alkanes) is 36. The summed E-state index contributed by atoms with van der Waals surface area (Å²) in [5.41, 5.74) is 0. The predicted octanol–water partition coefficient (Wildman–Crippen LogP) is 14.2. The Bertz CT molecular complexity index is 703. The number of aliphatic hydroxyl groups is 3. The monoisotopic (exact) mass is 752 g/mol. The maximum absolute atomic E-state index is 12.5. The molecule has 4 N–H and O–H groups in total. The summed E-state index contributed by atoms with van der Waals surface area (Å²) in [4.78, 5) is 12.5. The summed E-state index contributed by atoms with van der Waals surface area (Å²) in [5, 5.41) is 33.5. The van der Waals surface area contributed by atoms with Crippen LogP contribution in [0.4, 0.5) is 0 Å². The minimum absolute atomic E-state index is 0.0430. The third-order valence-electron chi connectivity index (χ3n) is 11.7. The SMILES string of the molecule is CCCCCCCCCCCCCCCCCCCCCCCCC(O)C(CO)NC(=O)CC(O)CCCCCCCCCCCCCCCCCC. The van der Waals surface area contributed by atoms with E-state index in [1.807, 2.05) is 0 Å². The molecule has 0 aromatic carbocycles. The summed E-state index contributed by atoms with van der Waals surface area (Å²) in [6.07, 6.45) is 50.8. The van der Waals surface area contributed by atoms with E-state index >= 15 is 0 Å². The van der Waals surface area contributed by atoms with Crippen molar-refractivity contribution in [3.63, 3.8) is 0 Å². The first-order chi connectivity index (χ1) is 26.0. The van der Waals surface area contributed by atoms with Crippen molar-refractivity contribution in [3.05, 3.63) is 0 Å². The molecule has 0 heterocycles. The highest BCUT2D eigenvalue weighted by atomic mass is 16.3.